The van der Waals surface area contributed by atoms with Crippen molar-refractivity contribution in [3.8, 4) is 0 Å². The van der Waals surface area contributed by atoms with Crippen LogP contribution >= 0.6 is 0 Å². The molecule has 2 saturated heterocycles. The molecule has 1 aromatic carbocycles. The minimum Gasteiger partial charge on any atom is -0.355 e. The second kappa shape index (κ2) is 8.63. The number of nitrogens with one attached hydrogen (secondary N) is 1. The van der Waals surface area contributed by atoms with E-state index in [2.05, 4.69) is 52.5 Å². The largest absolute Gasteiger partial charge is 0.355 e. The van der Waals surface area contributed by atoms with Crippen LogP contribution in [0.1, 0.15) is 37.2 Å². The second-order valence-electron chi connectivity index (χ2n) is 7.42. The number of carbonyl (C=O) groups excluding carboxylic acids is 1. The molecule has 0 bridgehead atoms. The molecule has 0 spiro atoms. The molecule has 1 aromatic rings. The molecular weight excluding hydrogens is 298 g/mol. The third-order valence-electron chi connectivity index (χ3n) is 5.59. The zero-order valence-corrected chi connectivity index (χ0v) is 14.9. The van der Waals surface area contributed by atoms with Crippen LogP contribution in [0.15, 0.2) is 30.3 Å². The van der Waals surface area contributed by atoms with Crippen LogP contribution < -0.4 is 5.32 Å². The summed E-state index contributed by atoms with van der Waals surface area (Å²) in [5, 5.41) is 3.17. The standard InChI is InChI=1S/C20H31N3O/c1-22-13-9-18(10-14-22)20(24)21-11-15-23-12-5-8-19(16-23)17-6-3-2-4-7-17/h2-4,6-7,18-19H,5,8-16H2,1H3,(H,21,24)/t19-/m1/s1. The molecule has 2 aliphatic heterocycles. The highest BCUT2D eigenvalue weighted by atomic mass is 16.1. The summed E-state index contributed by atoms with van der Waals surface area (Å²) in [5.74, 6) is 1.13. The van der Waals surface area contributed by atoms with Gasteiger partial charge in [-0.15, -0.1) is 0 Å². The van der Waals surface area contributed by atoms with Gasteiger partial charge in [-0.25, -0.2) is 0 Å². The van der Waals surface area contributed by atoms with Crippen molar-refractivity contribution >= 4 is 5.91 Å². The topological polar surface area (TPSA) is 35.6 Å². The SMILES string of the molecule is CN1CCC(C(=O)NCCN2CCC[C@@H](c3ccccc3)C2)CC1. The summed E-state index contributed by atoms with van der Waals surface area (Å²) in [5.41, 5.74) is 1.46. The van der Waals surface area contributed by atoms with Crippen molar-refractivity contribution in [1.29, 1.82) is 0 Å². The molecule has 3 rings (SSSR count). The van der Waals surface area contributed by atoms with Crippen molar-refractivity contribution in [2.45, 2.75) is 31.6 Å². The van der Waals surface area contributed by atoms with Crippen LogP contribution in [0.2, 0.25) is 0 Å². The average molecular weight is 329 g/mol. The van der Waals surface area contributed by atoms with Gasteiger partial charge in [0.1, 0.15) is 0 Å². The van der Waals surface area contributed by atoms with E-state index < -0.39 is 0 Å². The number of nitrogens with zero attached hydrogens (tertiary/aromatic N) is 2. The third kappa shape index (κ3) is 4.81. The van der Waals surface area contributed by atoms with Crippen molar-refractivity contribution in [1.82, 2.24) is 15.1 Å². The molecule has 1 atom stereocenters. The van der Waals surface area contributed by atoms with Gasteiger partial charge in [0.15, 0.2) is 0 Å². The van der Waals surface area contributed by atoms with Crippen LogP contribution in [0.3, 0.4) is 0 Å². The summed E-state index contributed by atoms with van der Waals surface area (Å²) in [7, 11) is 2.13. The number of amides is 1. The zero-order chi connectivity index (χ0) is 16.8. The number of benzene rings is 1. The Morgan fingerprint density at radius 3 is 2.62 bits per heavy atom. The molecule has 0 aliphatic carbocycles. The fourth-order valence-corrected chi connectivity index (χ4v) is 4.01. The third-order valence-corrected chi connectivity index (χ3v) is 5.59. The predicted molar refractivity (Wildman–Crippen MR) is 98.1 cm³/mol. The Bertz CT molecular complexity index is 511. The first kappa shape index (κ1) is 17.4. The molecule has 1 amide bonds. The summed E-state index contributed by atoms with van der Waals surface area (Å²) in [4.78, 5) is 17.1. The fraction of sp³-hybridized carbons (Fsp3) is 0.650. The van der Waals surface area contributed by atoms with E-state index in [-0.39, 0.29) is 11.8 Å². The minimum absolute atomic E-state index is 0.222. The first-order valence-corrected chi connectivity index (χ1v) is 9.46. The Kier molecular flexibility index (Phi) is 6.27. The van der Waals surface area contributed by atoms with E-state index in [0.29, 0.717) is 5.92 Å². The number of carbonyl (C=O) groups is 1. The number of rotatable bonds is 5. The normalized spacial score (nSPS) is 24.0. The summed E-state index contributed by atoms with van der Waals surface area (Å²) in [6, 6.07) is 10.8. The number of piperidine rings is 2. The van der Waals surface area contributed by atoms with Gasteiger partial charge < -0.3 is 15.1 Å². The lowest BCUT2D eigenvalue weighted by molar-refractivity contribution is -0.126. The molecule has 2 fully saturated rings. The molecule has 0 radical (unpaired) electrons. The molecular formula is C20H31N3O. The minimum atomic E-state index is 0.222. The summed E-state index contributed by atoms with van der Waals surface area (Å²) in [6.45, 7) is 6.13. The van der Waals surface area contributed by atoms with Crippen molar-refractivity contribution in [3.63, 3.8) is 0 Å². The van der Waals surface area contributed by atoms with Gasteiger partial charge in [0.25, 0.3) is 0 Å². The van der Waals surface area contributed by atoms with E-state index in [0.717, 1.165) is 52.1 Å². The van der Waals surface area contributed by atoms with Gasteiger partial charge in [-0.2, -0.15) is 0 Å². The Morgan fingerprint density at radius 1 is 1.12 bits per heavy atom. The fourth-order valence-electron chi connectivity index (χ4n) is 4.01. The Morgan fingerprint density at radius 2 is 1.88 bits per heavy atom. The summed E-state index contributed by atoms with van der Waals surface area (Å²) >= 11 is 0. The van der Waals surface area contributed by atoms with E-state index in [1.807, 2.05) is 0 Å². The maximum Gasteiger partial charge on any atom is 0.223 e. The Balaban J connectivity index is 1.39. The maximum absolute atomic E-state index is 12.3. The summed E-state index contributed by atoms with van der Waals surface area (Å²) in [6.07, 6.45) is 4.54. The van der Waals surface area contributed by atoms with Crippen molar-refractivity contribution in [2.75, 3.05) is 46.3 Å². The van der Waals surface area contributed by atoms with Crippen molar-refractivity contribution in [2.24, 2.45) is 5.92 Å². The molecule has 1 N–H and O–H groups in total. The van der Waals surface area contributed by atoms with Gasteiger partial charge >= 0.3 is 0 Å². The lowest BCUT2D eigenvalue weighted by Crippen LogP contribution is -2.43. The first-order chi connectivity index (χ1) is 11.7. The highest BCUT2D eigenvalue weighted by molar-refractivity contribution is 5.78. The van der Waals surface area contributed by atoms with E-state index in [9.17, 15) is 4.79 Å². The molecule has 4 nitrogen and oxygen atoms in total. The molecule has 132 valence electrons. The van der Waals surface area contributed by atoms with Crippen LogP contribution in [0.4, 0.5) is 0 Å². The Hall–Kier alpha value is -1.39. The predicted octanol–water partition coefficient (Wildman–Crippen LogP) is 2.32. The van der Waals surface area contributed by atoms with Crippen molar-refractivity contribution < 1.29 is 4.79 Å². The Labute approximate surface area is 146 Å². The molecule has 0 unspecified atom stereocenters. The second-order valence-corrected chi connectivity index (χ2v) is 7.42. The lowest BCUT2D eigenvalue weighted by atomic mass is 9.91. The van der Waals surface area contributed by atoms with Gasteiger partial charge in [0, 0.05) is 25.6 Å². The highest BCUT2D eigenvalue weighted by Gasteiger charge is 2.24. The lowest BCUT2D eigenvalue weighted by Gasteiger charge is -2.33. The molecule has 0 saturated carbocycles. The van der Waals surface area contributed by atoms with Crippen LogP contribution in [0.25, 0.3) is 0 Å². The molecule has 4 heteroatoms. The first-order valence-electron chi connectivity index (χ1n) is 9.46. The van der Waals surface area contributed by atoms with E-state index in [1.165, 1.54) is 18.4 Å². The van der Waals surface area contributed by atoms with Crippen molar-refractivity contribution in [3.05, 3.63) is 35.9 Å². The summed E-state index contributed by atoms with van der Waals surface area (Å²) < 4.78 is 0. The van der Waals surface area contributed by atoms with Gasteiger partial charge in [0.2, 0.25) is 5.91 Å². The quantitative estimate of drug-likeness (QED) is 0.900. The monoisotopic (exact) mass is 329 g/mol. The average Bonchev–Trinajstić information content (AvgIpc) is 2.63. The van der Waals surface area contributed by atoms with Crippen LogP contribution in [-0.2, 0) is 4.79 Å². The molecule has 0 aromatic heterocycles. The highest BCUT2D eigenvalue weighted by Crippen LogP contribution is 2.26. The molecule has 24 heavy (non-hydrogen) atoms. The molecule has 2 heterocycles. The van der Waals surface area contributed by atoms with E-state index >= 15 is 0 Å². The van der Waals surface area contributed by atoms with Gasteiger partial charge in [-0.3, -0.25) is 4.79 Å². The maximum atomic E-state index is 12.3. The van der Waals surface area contributed by atoms with Gasteiger partial charge in [-0.1, -0.05) is 30.3 Å². The number of hydrogen-bond acceptors (Lipinski definition) is 3. The zero-order valence-electron chi connectivity index (χ0n) is 14.9. The van der Waals surface area contributed by atoms with Gasteiger partial charge in [0.05, 0.1) is 0 Å². The molecule has 2 aliphatic rings. The van der Waals surface area contributed by atoms with Gasteiger partial charge in [-0.05, 0) is 63.8 Å². The number of hydrogen-bond donors (Lipinski definition) is 1. The van der Waals surface area contributed by atoms with Crippen LogP contribution in [0.5, 0.6) is 0 Å². The van der Waals surface area contributed by atoms with Crippen LogP contribution in [-0.4, -0.2) is 62.0 Å². The van der Waals surface area contributed by atoms with Crippen LogP contribution in [0, 0.1) is 5.92 Å². The number of likely N-dealkylation sites (tertiary alicyclic amines) is 2. The van der Waals surface area contributed by atoms with E-state index in [1.54, 1.807) is 0 Å². The smallest absolute Gasteiger partial charge is 0.223 e. The van der Waals surface area contributed by atoms with E-state index in [4.69, 9.17) is 0 Å².